The summed E-state index contributed by atoms with van der Waals surface area (Å²) in [5, 5.41) is 10.3. The minimum atomic E-state index is -0.586. The van der Waals surface area contributed by atoms with Gasteiger partial charge in [0.15, 0.2) is 0 Å². The molecule has 0 aromatic heterocycles. The highest BCUT2D eigenvalue weighted by Gasteiger charge is 2.24. The molecule has 1 fully saturated rings. The first-order valence-corrected chi connectivity index (χ1v) is 6.77. The lowest BCUT2D eigenvalue weighted by atomic mass is 10.1. The van der Waals surface area contributed by atoms with E-state index in [1.165, 1.54) is 6.07 Å². The van der Waals surface area contributed by atoms with E-state index in [-0.39, 0.29) is 18.0 Å². The Morgan fingerprint density at radius 2 is 2.00 bits per heavy atom. The Balaban J connectivity index is 2.00. The fraction of sp³-hybridized carbons (Fsp3) is 0.600. The average Bonchev–Trinajstić information content (AvgIpc) is 2.31. The molecular weight excluding hydrogens is 245 g/mol. The Bertz CT molecular complexity index is 428. The highest BCUT2D eigenvalue weighted by Crippen LogP contribution is 2.20. The van der Waals surface area contributed by atoms with Crippen LogP contribution in [-0.2, 0) is 4.74 Å². The van der Waals surface area contributed by atoms with Crippen LogP contribution in [0, 0.1) is 12.7 Å². The monoisotopic (exact) mass is 267 g/mol. The third-order valence-corrected chi connectivity index (χ3v) is 3.49. The molecular formula is C15H22FNO2. The molecule has 1 heterocycles. The summed E-state index contributed by atoms with van der Waals surface area (Å²) in [4.78, 5) is 2.20. The Morgan fingerprint density at radius 3 is 2.58 bits per heavy atom. The van der Waals surface area contributed by atoms with E-state index in [0.717, 1.165) is 18.7 Å². The topological polar surface area (TPSA) is 32.7 Å². The van der Waals surface area contributed by atoms with Gasteiger partial charge in [-0.05, 0) is 38.0 Å². The van der Waals surface area contributed by atoms with Crippen LogP contribution in [0.25, 0.3) is 0 Å². The molecule has 3 atom stereocenters. The van der Waals surface area contributed by atoms with Gasteiger partial charge in [-0.1, -0.05) is 12.1 Å². The minimum absolute atomic E-state index is 0.186. The van der Waals surface area contributed by atoms with E-state index in [1.54, 1.807) is 19.1 Å². The Kier molecular flexibility index (Phi) is 4.55. The van der Waals surface area contributed by atoms with Crippen molar-refractivity contribution in [3.05, 3.63) is 35.1 Å². The second kappa shape index (κ2) is 5.99. The fourth-order valence-electron chi connectivity index (χ4n) is 2.66. The lowest BCUT2D eigenvalue weighted by Crippen LogP contribution is -2.46. The van der Waals surface area contributed by atoms with Crippen LogP contribution in [0.1, 0.15) is 31.1 Å². The van der Waals surface area contributed by atoms with Gasteiger partial charge < -0.3 is 9.84 Å². The number of ether oxygens (including phenoxy) is 1. The molecule has 3 unspecified atom stereocenters. The van der Waals surface area contributed by atoms with E-state index >= 15 is 0 Å². The van der Waals surface area contributed by atoms with E-state index in [0.29, 0.717) is 12.1 Å². The Hall–Kier alpha value is -0.970. The van der Waals surface area contributed by atoms with Crippen LogP contribution in [0.2, 0.25) is 0 Å². The average molecular weight is 267 g/mol. The summed E-state index contributed by atoms with van der Waals surface area (Å²) in [5.74, 6) is -0.232. The zero-order valence-corrected chi connectivity index (χ0v) is 11.8. The van der Waals surface area contributed by atoms with Gasteiger partial charge in [-0.25, -0.2) is 4.39 Å². The molecule has 3 nitrogen and oxygen atoms in total. The van der Waals surface area contributed by atoms with Crippen molar-refractivity contribution in [2.45, 2.75) is 39.1 Å². The molecule has 1 saturated heterocycles. The van der Waals surface area contributed by atoms with Gasteiger partial charge in [-0.2, -0.15) is 0 Å². The van der Waals surface area contributed by atoms with Crippen molar-refractivity contribution in [3.8, 4) is 0 Å². The van der Waals surface area contributed by atoms with Crippen molar-refractivity contribution in [2.24, 2.45) is 0 Å². The number of benzene rings is 1. The van der Waals surface area contributed by atoms with Crippen molar-refractivity contribution in [1.82, 2.24) is 4.90 Å². The molecule has 0 amide bonds. The third kappa shape index (κ3) is 3.75. The number of halogens is 1. The first-order chi connectivity index (χ1) is 8.95. The number of aliphatic hydroxyl groups is 1. The summed E-state index contributed by atoms with van der Waals surface area (Å²) in [6.07, 6.45) is -0.214. The van der Waals surface area contributed by atoms with Crippen LogP contribution in [-0.4, -0.2) is 41.8 Å². The number of hydrogen-bond donors (Lipinski definition) is 1. The van der Waals surface area contributed by atoms with Gasteiger partial charge >= 0.3 is 0 Å². The number of morpholine rings is 1. The molecule has 0 aliphatic carbocycles. The minimum Gasteiger partial charge on any atom is -0.387 e. The smallest absolute Gasteiger partial charge is 0.126 e. The SMILES string of the molecule is Cc1cc(C(O)CN2CC(C)OC(C)C2)ccc1F. The molecule has 0 saturated carbocycles. The van der Waals surface area contributed by atoms with Crippen molar-refractivity contribution >= 4 is 0 Å². The highest BCUT2D eigenvalue weighted by molar-refractivity contribution is 5.25. The summed E-state index contributed by atoms with van der Waals surface area (Å²) >= 11 is 0. The second-order valence-corrected chi connectivity index (χ2v) is 5.50. The summed E-state index contributed by atoms with van der Waals surface area (Å²) < 4.78 is 18.9. The van der Waals surface area contributed by atoms with E-state index in [2.05, 4.69) is 4.90 Å². The number of aryl methyl sites for hydroxylation is 1. The van der Waals surface area contributed by atoms with Crippen LogP contribution < -0.4 is 0 Å². The highest BCUT2D eigenvalue weighted by atomic mass is 19.1. The van der Waals surface area contributed by atoms with Gasteiger partial charge in [0.2, 0.25) is 0 Å². The van der Waals surface area contributed by atoms with Crippen LogP contribution in [0.4, 0.5) is 4.39 Å². The predicted octanol–water partition coefficient (Wildman–Crippen LogP) is 2.28. The molecule has 19 heavy (non-hydrogen) atoms. The Morgan fingerprint density at radius 1 is 1.37 bits per heavy atom. The molecule has 106 valence electrons. The van der Waals surface area contributed by atoms with Gasteiger partial charge in [0.25, 0.3) is 0 Å². The van der Waals surface area contributed by atoms with E-state index in [9.17, 15) is 9.50 Å². The molecule has 1 aliphatic rings. The molecule has 0 bridgehead atoms. The first-order valence-electron chi connectivity index (χ1n) is 6.77. The van der Waals surface area contributed by atoms with Crippen LogP contribution in [0.3, 0.4) is 0 Å². The second-order valence-electron chi connectivity index (χ2n) is 5.50. The standard InChI is InChI=1S/C15H22FNO2/c1-10-6-13(4-5-14(10)16)15(18)9-17-7-11(2)19-12(3)8-17/h4-6,11-12,15,18H,7-9H2,1-3H3. The van der Waals surface area contributed by atoms with Crippen molar-refractivity contribution < 1.29 is 14.2 Å². The lowest BCUT2D eigenvalue weighted by molar-refractivity contribution is -0.0767. The quantitative estimate of drug-likeness (QED) is 0.912. The van der Waals surface area contributed by atoms with Gasteiger partial charge in [0.05, 0.1) is 18.3 Å². The molecule has 1 aliphatic heterocycles. The van der Waals surface area contributed by atoms with E-state index < -0.39 is 6.10 Å². The van der Waals surface area contributed by atoms with Crippen molar-refractivity contribution in [1.29, 1.82) is 0 Å². The number of aliphatic hydroxyl groups excluding tert-OH is 1. The van der Waals surface area contributed by atoms with Gasteiger partial charge in [0.1, 0.15) is 5.82 Å². The number of hydrogen-bond acceptors (Lipinski definition) is 3. The normalized spacial score (nSPS) is 26.4. The fourth-order valence-corrected chi connectivity index (χ4v) is 2.66. The van der Waals surface area contributed by atoms with E-state index in [1.807, 2.05) is 13.8 Å². The van der Waals surface area contributed by atoms with Gasteiger partial charge in [0, 0.05) is 19.6 Å². The number of nitrogens with zero attached hydrogens (tertiary/aromatic N) is 1. The maximum absolute atomic E-state index is 13.2. The zero-order chi connectivity index (χ0) is 14.0. The molecule has 0 radical (unpaired) electrons. The van der Waals surface area contributed by atoms with Gasteiger partial charge in [-0.15, -0.1) is 0 Å². The summed E-state index contributed by atoms with van der Waals surface area (Å²) in [5.41, 5.74) is 1.34. The molecule has 1 aromatic carbocycles. The summed E-state index contributed by atoms with van der Waals surface area (Å²) in [7, 11) is 0. The summed E-state index contributed by atoms with van der Waals surface area (Å²) in [6, 6.07) is 4.78. The zero-order valence-electron chi connectivity index (χ0n) is 11.8. The van der Waals surface area contributed by atoms with Crippen molar-refractivity contribution in [2.75, 3.05) is 19.6 Å². The maximum Gasteiger partial charge on any atom is 0.126 e. The molecule has 0 spiro atoms. The van der Waals surface area contributed by atoms with Crippen LogP contribution in [0.5, 0.6) is 0 Å². The van der Waals surface area contributed by atoms with Crippen molar-refractivity contribution in [3.63, 3.8) is 0 Å². The van der Waals surface area contributed by atoms with Crippen LogP contribution >= 0.6 is 0 Å². The third-order valence-electron chi connectivity index (χ3n) is 3.49. The van der Waals surface area contributed by atoms with Gasteiger partial charge in [-0.3, -0.25) is 4.90 Å². The predicted molar refractivity (Wildman–Crippen MR) is 72.5 cm³/mol. The van der Waals surface area contributed by atoms with E-state index in [4.69, 9.17) is 4.74 Å². The Labute approximate surface area is 114 Å². The molecule has 1 aromatic rings. The largest absolute Gasteiger partial charge is 0.387 e. The van der Waals surface area contributed by atoms with Crippen LogP contribution in [0.15, 0.2) is 18.2 Å². The maximum atomic E-state index is 13.2. The molecule has 4 heteroatoms. The lowest BCUT2D eigenvalue weighted by Gasteiger charge is -2.36. The molecule has 2 rings (SSSR count). The number of rotatable bonds is 3. The summed E-state index contributed by atoms with van der Waals surface area (Å²) in [6.45, 7) is 7.99. The number of β-amino-alcohol motifs (C(OH)–C–C–N with tert-alkyl or cyclic N) is 1. The first kappa shape index (κ1) is 14.4. The molecule has 1 N–H and O–H groups in total.